The molecule has 116 valence electrons. The van der Waals surface area contributed by atoms with Crippen molar-refractivity contribution in [3.63, 3.8) is 0 Å². The average Bonchev–Trinajstić information content (AvgIpc) is 2.56. The molecule has 1 aromatic rings. The van der Waals surface area contributed by atoms with E-state index in [0.717, 1.165) is 24.9 Å². The van der Waals surface area contributed by atoms with Crippen molar-refractivity contribution in [1.82, 2.24) is 9.88 Å². The van der Waals surface area contributed by atoms with Crippen molar-refractivity contribution in [2.45, 2.75) is 38.1 Å². The first-order valence-electron chi connectivity index (χ1n) is 8.07. The van der Waals surface area contributed by atoms with Crippen molar-refractivity contribution in [3.8, 4) is 5.88 Å². The molecular formula is C16H26N4O. The standard InChI is InChI=1S/C16H26N4O/c1-21-16-14(17)5-6-15(18-16)20-11-7-13(8-12-20)19-9-3-2-4-10-19/h5-6,13H,2-4,7-12,17H2,1H3. The minimum Gasteiger partial charge on any atom is -0.479 e. The number of anilines is 2. The molecule has 0 atom stereocenters. The van der Waals surface area contributed by atoms with E-state index in [4.69, 9.17) is 10.5 Å². The molecule has 3 rings (SSSR count). The maximum Gasteiger partial charge on any atom is 0.238 e. The van der Waals surface area contributed by atoms with Crippen LogP contribution in [0.15, 0.2) is 12.1 Å². The highest BCUT2D eigenvalue weighted by Crippen LogP contribution is 2.27. The number of likely N-dealkylation sites (tertiary alicyclic amines) is 1. The molecule has 2 fully saturated rings. The molecule has 0 unspecified atom stereocenters. The summed E-state index contributed by atoms with van der Waals surface area (Å²) in [4.78, 5) is 9.56. The lowest BCUT2D eigenvalue weighted by atomic mass is 10.00. The lowest BCUT2D eigenvalue weighted by Gasteiger charge is -2.40. The number of pyridine rings is 1. The van der Waals surface area contributed by atoms with E-state index in [1.165, 1.54) is 45.2 Å². The van der Waals surface area contributed by atoms with Crippen molar-refractivity contribution in [1.29, 1.82) is 0 Å². The largest absolute Gasteiger partial charge is 0.479 e. The van der Waals surface area contributed by atoms with E-state index >= 15 is 0 Å². The minimum atomic E-state index is 0.533. The number of nitrogen functional groups attached to an aromatic ring is 1. The smallest absolute Gasteiger partial charge is 0.238 e. The minimum absolute atomic E-state index is 0.533. The summed E-state index contributed by atoms with van der Waals surface area (Å²) in [5.74, 6) is 1.52. The second-order valence-electron chi connectivity index (χ2n) is 6.08. The number of nitrogens with zero attached hydrogens (tertiary/aromatic N) is 3. The van der Waals surface area contributed by atoms with Gasteiger partial charge in [0.1, 0.15) is 5.82 Å². The molecule has 2 saturated heterocycles. The van der Waals surface area contributed by atoms with Crippen LogP contribution in [0.3, 0.4) is 0 Å². The molecule has 1 aromatic heterocycles. The summed E-state index contributed by atoms with van der Waals surface area (Å²) < 4.78 is 5.22. The van der Waals surface area contributed by atoms with Crippen molar-refractivity contribution < 1.29 is 4.74 Å². The van der Waals surface area contributed by atoms with Crippen LogP contribution in [0, 0.1) is 0 Å². The first-order valence-corrected chi connectivity index (χ1v) is 8.07. The summed E-state index contributed by atoms with van der Waals surface area (Å²) in [7, 11) is 1.62. The second kappa shape index (κ2) is 6.52. The Bertz CT molecular complexity index is 465. The Labute approximate surface area is 127 Å². The summed E-state index contributed by atoms with van der Waals surface area (Å²) in [5.41, 5.74) is 6.44. The highest BCUT2D eigenvalue weighted by atomic mass is 16.5. The lowest BCUT2D eigenvalue weighted by molar-refractivity contribution is 0.141. The topological polar surface area (TPSA) is 54.6 Å². The Kier molecular flexibility index (Phi) is 4.48. The van der Waals surface area contributed by atoms with Crippen molar-refractivity contribution in [2.24, 2.45) is 0 Å². The Hall–Kier alpha value is -1.49. The van der Waals surface area contributed by atoms with Crippen LogP contribution in [0.4, 0.5) is 11.5 Å². The molecule has 5 nitrogen and oxygen atoms in total. The van der Waals surface area contributed by atoms with Crippen molar-refractivity contribution in [2.75, 3.05) is 43.9 Å². The first-order chi connectivity index (χ1) is 10.3. The Morgan fingerprint density at radius 3 is 2.48 bits per heavy atom. The molecule has 5 heteroatoms. The molecule has 3 heterocycles. The van der Waals surface area contributed by atoms with Gasteiger partial charge in [-0.2, -0.15) is 4.98 Å². The summed E-state index contributed by atoms with van der Waals surface area (Å²) in [5, 5.41) is 0. The third-order valence-electron chi connectivity index (χ3n) is 4.76. The van der Waals surface area contributed by atoms with Crippen LogP contribution in [0.5, 0.6) is 5.88 Å². The highest BCUT2D eigenvalue weighted by molar-refractivity contribution is 5.54. The van der Waals surface area contributed by atoms with Crippen LogP contribution in [0.25, 0.3) is 0 Å². The quantitative estimate of drug-likeness (QED) is 0.924. The molecule has 0 amide bonds. The molecular weight excluding hydrogens is 264 g/mol. The van der Waals surface area contributed by atoms with E-state index in [-0.39, 0.29) is 0 Å². The summed E-state index contributed by atoms with van der Waals surface area (Å²) in [6.07, 6.45) is 6.61. The molecule has 0 bridgehead atoms. The van der Waals surface area contributed by atoms with E-state index in [1.54, 1.807) is 7.11 Å². The molecule has 2 aliphatic heterocycles. The van der Waals surface area contributed by atoms with Crippen LogP contribution in [0.2, 0.25) is 0 Å². The number of aromatic nitrogens is 1. The predicted octanol–water partition coefficient (Wildman–Crippen LogP) is 2.13. The molecule has 0 aromatic carbocycles. The Morgan fingerprint density at radius 2 is 1.81 bits per heavy atom. The molecule has 2 N–H and O–H groups in total. The van der Waals surface area contributed by atoms with Gasteiger partial charge >= 0.3 is 0 Å². The van der Waals surface area contributed by atoms with Gasteiger partial charge in [-0.3, -0.25) is 0 Å². The van der Waals surface area contributed by atoms with E-state index in [9.17, 15) is 0 Å². The summed E-state index contributed by atoms with van der Waals surface area (Å²) in [6, 6.07) is 4.65. The van der Waals surface area contributed by atoms with Gasteiger partial charge in [0.15, 0.2) is 0 Å². The predicted molar refractivity (Wildman–Crippen MR) is 85.9 cm³/mol. The van der Waals surface area contributed by atoms with Gasteiger partial charge in [0.2, 0.25) is 5.88 Å². The zero-order valence-corrected chi connectivity index (χ0v) is 12.9. The maximum atomic E-state index is 5.84. The summed E-state index contributed by atoms with van der Waals surface area (Å²) in [6.45, 7) is 4.72. The van der Waals surface area contributed by atoms with Gasteiger partial charge in [-0.25, -0.2) is 0 Å². The van der Waals surface area contributed by atoms with Crippen LogP contribution >= 0.6 is 0 Å². The fourth-order valence-electron chi connectivity index (χ4n) is 3.52. The molecule has 0 radical (unpaired) electrons. The number of piperidine rings is 2. The second-order valence-corrected chi connectivity index (χ2v) is 6.08. The fourth-order valence-corrected chi connectivity index (χ4v) is 3.52. The average molecular weight is 290 g/mol. The fraction of sp³-hybridized carbons (Fsp3) is 0.688. The molecule has 2 aliphatic rings. The molecule has 0 spiro atoms. The lowest BCUT2D eigenvalue weighted by Crippen LogP contribution is -2.46. The van der Waals surface area contributed by atoms with E-state index in [1.807, 2.05) is 12.1 Å². The van der Waals surface area contributed by atoms with E-state index in [2.05, 4.69) is 14.8 Å². The van der Waals surface area contributed by atoms with Crippen LogP contribution in [0.1, 0.15) is 32.1 Å². The number of rotatable bonds is 3. The number of methoxy groups -OCH3 is 1. The first kappa shape index (κ1) is 14.4. The third kappa shape index (κ3) is 3.23. The zero-order valence-electron chi connectivity index (χ0n) is 12.9. The number of nitrogens with two attached hydrogens (primary N) is 1. The third-order valence-corrected chi connectivity index (χ3v) is 4.76. The van der Waals surface area contributed by atoms with Gasteiger partial charge < -0.3 is 20.3 Å². The maximum absolute atomic E-state index is 5.84. The SMILES string of the molecule is COc1nc(N2CCC(N3CCCCC3)CC2)ccc1N. The summed E-state index contributed by atoms with van der Waals surface area (Å²) >= 11 is 0. The Balaban J connectivity index is 1.60. The normalized spacial score (nSPS) is 21.5. The van der Waals surface area contributed by atoms with Gasteiger partial charge in [-0.15, -0.1) is 0 Å². The highest BCUT2D eigenvalue weighted by Gasteiger charge is 2.26. The monoisotopic (exact) mass is 290 g/mol. The van der Waals surface area contributed by atoms with Gasteiger partial charge in [0.05, 0.1) is 12.8 Å². The van der Waals surface area contributed by atoms with E-state index in [0.29, 0.717) is 11.6 Å². The van der Waals surface area contributed by atoms with Gasteiger partial charge in [-0.05, 0) is 50.9 Å². The Morgan fingerprint density at radius 1 is 1.10 bits per heavy atom. The van der Waals surface area contributed by atoms with Gasteiger partial charge in [0, 0.05) is 19.1 Å². The van der Waals surface area contributed by atoms with Crippen molar-refractivity contribution in [3.05, 3.63) is 12.1 Å². The van der Waals surface area contributed by atoms with Crippen LogP contribution in [-0.2, 0) is 0 Å². The van der Waals surface area contributed by atoms with Crippen LogP contribution in [-0.4, -0.2) is 49.2 Å². The molecule has 21 heavy (non-hydrogen) atoms. The number of hydrogen-bond acceptors (Lipinski definition) is 5. The van der Waals surface area contributed by atoms with Gasteiger partial charge in [-0.1, -0.05) is 6.42 Å². The molecule has 0 saturated carbocycles. The zero-order chi connectivity index (χ0) is 14.7. The number of hydrogen-bond donors (Lipinski definition) is 1. The van der Waals surface area contributed by atoms with Gasteiger partial charge in [0.25, 0.3) is 0 Å². The van der Waals surface area contributed by atoms with E-state index < -0.39 is 0 Å². The van der Waals surface area contributed by atoms with Crippen LogP contribution < -0.4 is 15.4 Å². The van der Waals surface area contributed by atoms with Crippen molar-refractivity contribution >= 4 is 11.5 Å². The molecule has 0 aliphatic carbocycles. The number of ether oxygens (including phenoxy) is 1.